The maximum atomic E-state index is 12.6. The first-order valence-corrected chi connectivity index (χ1v) is 11.2. The van der Waals surface area contributed by atoms with Gasteiger partial charge in [0.05, 0.1) is 18.1 Å². The largest absolute Gasteiger partial charge is 0.463 e. The minimum absolute atomic E-state index is 0.0975. The molecule has 148 valence electrons. The second-order valence-corrected chi connectivity index (χ2v) is 10.7. The van der Waals surface area contributed by atoms with Gasteiger partial charge in [-0.2, -0.15) is 0 Å². The molecular weight excluding hydrogens is 324 g/mol. The number of hydrogen-bond acceptors (Lipinski definition) is 3. The lowest BCUT2D eigenvalue weighted by Crippen LogP contribution is -2.53. The van der Waals surface area contributed by atoms with Crippen molar-refractivity contribution in [3.8, 4) is 0 Å². The molecule has 4 fully saturated rings. The highest BCUT2D eigenvalue weighted by atomic mass is 16.5. The first-order chi connectivity index (χ1) is 12.3. The van der Waals surface area contributed by atoms with Crippen molar-refractivity contribution >= 4 is 5.97 Å². The van der Waals surface area contributed by atoms with Crippen LogP contribution >= 0.6 is 0 Å². The summed E-state index contributed by atoms with van der Waals surface area (Å²) in [5.41, 5.74) is 0.406. The molecule has 4 aliphatic rings. The molecule has 0 amide bonds. The van der Waals surface area contributed by atoms with Crippen LogP contribution in [0.25, 0.3) is 0 Å². The number of hydrogen-bond donors (Lipinski definition) is 1. The number of rotatable bonds is 2. The lowest BCUT2D eigenvalue weighted by Gasteiger charge is -2.60. The van der Waals surface area contributed by atoms with E-state index in [0.29, 0.717) is 17.3 Å². The van der Waals surface area contributed by atoms with Gasteiger partial charge < -0.3 is 9.84 Å². The average Bonchev–Trinajstić information content (AvgIpc) is 2.85. The third kappa shape index (κ3) is 2.67. The van der Waals surface area contributed by atoms with Crippen molar-refractivity contribution in [3.63, 3.8) is 0 Å². The standard InChI is InChI=1S/C23H38O3/c1-14(2)26-21(25)17-13-19-16-9-8-15-7-5-6-11-22(15,3)18(16)10-12-23(19,4)20(17)24/h14-20,24H,5-13H2,1-4H3/t15?,16-,17-,18+,19+,20-,22+,23+/m1/s1. The molecular formula is C23H38O3. The maximum Gasteiger partial charge on any atom is 0.311 e. The quantitative estimate of drug-likeness (QED) is 0.706. The second kappa shape index (κ2) is 6.50. The van der Waals surface area contributed by atoms with E-state index in [1.54, 1.807) is 0 Å². The third-order valence-corrected chi connectivity index (χ3v) is 9.24. The van der Waals surface area contributed by atoms with Gasteiger partial charge in [-0.1, -0.05) is 26.7 Å². The van der Waals surface area contributed by atoms with Crippen molar-refractivity contribution in [1.29, 1.82) is 0 Å². The van der Waals surface area contributed by atoms with E-state index in [9.17, 15) is 9.90 Å². The van der Waals surface area contributed by atoms with Gasteiger partial charge in [-0.05, 0) is 93.3 Å². The molecule has 0 bridgehead atoms. The van der Waals surface area contributed by atoms with Gasteiger partial charge >= 0.3 is 5.97 Å². The Morgan fingerprint density at radius 3 is 2.50 bits per heavy atom. The van der Waals surface area contributed by atoms with Gasteiger partial charge in [0.25, 0.3) is 0 Å². The summed E-state index contributed by atoms with van der Waals surface area (Å²) in [7, 11) is 0. The van der Waals surface area contributed by atoms with Crippen molar-refractivity contribution in [2.75, 3.05) is 0 Å². The zero-order valence-electron chi connectivity index (χ0n) is 17.2. The molecule has 1 N–H and O–H groups in total. The summed E-state index contributed by atoms with van der Waals surface area (Å²) in [5, 5.41) is 11.1. The Kier molecular flexibility index (Phi) is 4.69. The van der Waals surface area contributed by atoms with Crippen LogP contribution in [0.3, 0.4) is 0 Å². The molecule has 0 aromatic rings. The van der Waals surface area contributed by atoms with Crippen LogP contribution in [0.1, 0.15) is 85.5 Å². The monoisotopic (exact) mass is 362 g/mol. The molecule has 3 nitrogen and oxygen atoms in total. The normalized spacial score (nSPS) is 50.7. The van der Waals surface area contributed by atoms with Gasteiger partial charge in [0.1, 0.15) is 0 Å². The van der Waals surface area contributed by atoms with Gasteiger partial charge in [0, 0.05) is 0 Å². The van der Waals surface area contributed by atoms with Crippen LogP contribution in [0.4, 0.5) is 0 Å². The molecule has 0 aromatic carbocycles. The fraction of sp³-hybridized carbons (Fsp3) is 0.957. The Labute approximate surface area is 159 Å². The first kappa shape index (κ1) is 18.8. The summed E-state index contributed by atoms with van der Waals surface area (Å²) in [6.45, 7) is 8.63. The van der Waals surface area contributed by atoms with Crippen LogP contribution in [0.5, 0.6) is 0 Å². The van der Waals surface area contributed by atoms with E-state index in [-0.39, 0.29) is 23.4 Å². The highest BCUT2D eigenvalue weighted by molar-refractivity contribution is 5.74. The number of fused-ring (bicyclic) bond motifs is 5. The molecule has 0 saturated heterocycles. The van der Waals surface area contributed by atoms with E-state index >= 15 is 0 Å². The molecule has 26 heavy (non-hydrogen) atoms. The molecule has 0 heterocycles. The zero-order valence-corrected chi connectivity index (χ0v) is 17.2. The molecule has 0 aromatic heterocycles. The lowest BCUT2D eigenvalue weighted by atomic mass is 9.45. The Balaban J connectivity index is 1.58. The van der Waals surface area contributed by atoms with E-state index in [1.807, 2.05) is 13.8 Å². The van der Waals surface area contributed by atoms with Crippen LogP contribution < -0.4 is 0 Å². The topological polar surface area (TPSA) is 46.5 Å². The van der Waals surface area contributed by atoms with Crippen LogP contribution in [0.2, 0.25) is 0 Å². The predicted octanol–water partition coefficient (Wildman–Crippen LogP) is 4.96. The fourth-order valence-electron chi connectivity index (χ4n) is 7.86. The highest BCUT2D eigenvalue weighted by Crippen LogP contribution is 2.67. The molecule has 3 heteroatoms. The van der Waals surface area contributed by atoms with E-state index in [4.69, 9.17) is 4.74 Å². The summed E-state index contributed by atoms with van der Waals surface area (Å²) in [6, 6.07) is 0. The second-order valence-electron chi connectivity index (χ2n) is 10.7. The van der Waals surface area contributed by atoms with Crippen molar-refractivity contribution in [2.24, 2.45) is 40.4 Å². The number of ether oxygens (including phenoxy) is 1. The zero-order chi connectivity index (χ0) is 18.7. The SMILES string of the molecule is CC(C)OC(=O)[C@@H]1C[C@H]2[C@@H]3CCC4CCCC[C@]4(C)[C@H]3CC[C@]2(C)[C@@H]1O. The van der Waals surface area contributed by atoms with Crippen LogP contribution in [0.15, 0.2) is 0 Å². The van der Waals surface area contributed by atoms with Crippen LogP contribution in [-0.2, 0) is 9.53 Å². The lowest BCUT2D eigenvalue weighted by molar-refractivity contribution is -0.157. The first-order valence-electron chi connectivity index (χ1n) is 11.2. The van der Waals surface area contributed by atoms with Gasteiger partial charge in [0.15, 0.2) is 0 Å². The predicted molar refractivity (Wildman–Crippen MR) is 102 cm³/mol. The average molecular weight is 363 g/mol. The Bertz CT molecular complexity index is 558. The van der Waals surface area contributed by atoms with E-state index in [0.717, 1.165) is 24.7 Å². The van der Waals surface area contributed by atoms with E-state index < -0.39 is 6.10 Å². The number of aliphatic hydroxyl groups excluding tert-OH is 1. The van der Waals surface area contributed by atoms with E-state index in [1.165, 1.54) is 44.9 Å². The Morgan fingerprint density at radius 2 is 1.77 bits per heavy atom. The summed E-state index contributed by atoms with van der Waals surface area (Å²) in [5.74, 6) is 2.40. The Hall–Kier alpha value is -0.570. The van der Waals surface area contributed by atoms with Crippen molar-refractivity contribution in [3.05, 3.63) is 0 Å². The van der Waals surface area contributed by atoms with E-state index in [2.05, 4.69) is 13.8 Å². The van der Waals surface area contributed by atoms with Crippen molar-refractivity contribution < 1.29 is 14.6 Å². The molecule has 4 aliphatic carbocycles. The molecule has 1 unspecified atom stereocenters. The number of aliphatic hydroxyl groups is 1. The van der Waals surface area contributed by atoms with Gasteiger partial charge in [-0.3, -0.25) is 4.79 Å². The highest BCUT2D eigenvalue weighted by Gasteiger charge is 2.63. The summed E-state index contributed by atoms with van der Waals surface area (Å²) >= 11 is 0. The number of carbonyl (C=O) groups excluding carboxylic acids is 1. The molecule has 0 spiro atoms. The fourth-order valence-corrected chi connectivity index (χ4v) is 7.86. The number of esters is 1. The third-order valence-electron chi connectivity index (χ3n) is 9.24. The number of carbonyl (C=O) groups is 1. The van der Waals surface area contributed by atoms with Gasteiger partial charge in [-0.25, -0.2) is 0 Å². The molecule has 4 saturated carbocycles. The van der Waals surface area contributed by atoms with Gasteiger partial charge in [0.2, 0.25) is 0 Å². The van der Waals surface area contributed by atoms with Crippen molar-refractivity contribution in [1.82, 2.24) is 0 Å². The molecule has 0 radical (unpaired) electrons. The minimum Gasteiger partial charge on any atom is -0.463 e. The van der Waals surface area contributed by atoms with Crippen LogP contribution in [-0.4, -0.2) is 23.3 Å². The van der Waals surface area contributed by atoms with Crippen molar-refractivity contribution in [2.45, 2.75) is 97.7 Å². The van der Waals surface area contributed by atoms with Crippen LogP contribution in [0, 0.1) is 40.4 Å². The smallest absolute Gasteiger partial charge is 0.311 e. The summed E-state index contributed by atoms with van der Waals surface area (Å²) in [4.78, 5) is 12.6. The summed E-state index contributed by atoms with van der Waals surface area (Å²) < 4.78 is 5.50. The maximum absolute atomic E-state index is 12.6. The molecule has 8 atom stereocenters. The Morgan fingerprint density at radius 1 is 1.00 bits per heavy atom. The molecule has 0 aliphatic heterocycles. The van der Waals surface area contributed by atoms with Gasteiger partial charge in [-0.15, -0.1) is 0 Å². The molecule has 4 rings (SSSR count). The summed E-state index contributed by atoms with van der Waals surface area (Å²) in [6.07, 6.45) is 10.8. The minimum atomic E-state index is -0.531.